The Bertz CT molecular complexity index is 346. The van der Waals surface area contributed by atoms with Crippen LogP contribution in [0.3, 0.4) is 0 Å². The van der Waals surface area contributed by atoms with Gasteiger partial charge in [0.25, 0.3) is 0 Å². The van der Waals surface area contributed by atoms with Crippen LogP contribution in [0.15, 0.2) is 23.3 Å². The molecule has 0 radical (unpaired) electrons. The van der Waals surface area contributed by atoms with E-state index >= 15 is 0 Å². The van der Waals surface area contributed by atoms with E-state index in [1.54, 1.807) is 12.3 Å². The molecule has 0 saturated carbocycles. The van der Waals surface area contributed by atoms with Crippen LogP contribution in [0.5, 0.6) is 0 Å². The van der Waals surface area contributed by atoms with Gasteiger partial charge in [-0.3, -0.25) is 4.99 Å². The van der Waals surface area contributed by atoms with E-state index in [1.165, 1.54) is 0 Å². The van der Waals surface area contributed by atoms with Gasteiger partial charge in [-0.25, -0.2) is 4.98 Å². The molecule has 0 aliphatic carbocycles. The lowest BCUT2D eigenvalue weighted by molar-refractivity contribution is 0.723. The molecular weight excluding hydrogens is 224 g/mol. The summed E-state index contributed by atoms with van der Waals surface area (Å²) in [5.41, 5.74) is 6.77. The highest BCUT2D eigenvalue weighted by atomic mass is 35.5. The van der Waals surface area contributed by atoms with E-state index in [1.807, 2.05) is 19.9 Å². The van der Waals surface area contributed by atoms with E-state index in [4.69, 9.17) is 17.3 Å². The number of guanidine groups is 1. The van der Waals surface area contributed by atoms with E-state index in [2.05, 4.69) is 15.3 Å². The third-order valence-corrected chi connectivity index (χ3v) is 2.13. The first-order valence-electron chi connectivity index (χ1n) is 5.25. The second-order valence-electron chi connectivity index (χ2n) is 3.81. The molecule has 1 aromatic heterocycles. The van der Waals surface area contributed by atoms with Gasteiger partial charge in [-0.15, -0.1) is 0 Å². The summed E-state index contributed by atoms with van der Waals surface area (Å²) in [4.78, 5) is 8.20. The van der Waals surface area contributed by atoms with E-state index in [9.17, 15) is 0 Å². The minimum absolute atomic E-state index is 0.306. The summed E-state index contributed by atoms with van der Waals surface area (Å²) in [7, 11) is 0. The zero-order chi connectivity index (χ0) is 12.0. The highest BCUT2D eigenvalue weighted by molar-refractivity contribution is 6.29. The quantitative estimate of drug-likeness (QED) is 0.477. The normalized spacial score (nSPS) is 11.9. The standard InChI is InChI=1S/C11H17ClN4/c1-8(2)16-11(13)14-6-5-9-3-4-10(12)15-7-9/h3-4,7-8H,5-6H2,1-2H3,(H3,13,14,16). The zero-order valence-corrected chi connectivity index (χ0v) is 10.3. The summed E-state index contributed by atoms with van der Waals surface area (Å²) in [5.74, 6) is 0.483. The lowest BCUT2D eigenvalue weighted by Gasteiger charge is -2.08. The predicted molar refractivity (Wildman–Crippen MR) is 67.7 cm³/mol. The van der Waals surface area contributed by atoms with Crippen LogP contribution in [-0.2, 0) is 6.42 Å². The van der Waals surface area contributed by atoms with Gasteiger partial charge < -0.3 is 11.1 Å². The van der Waals surface area contributed by atoms with Crippen LogP contribution in [0.25, 0.3) is 0 Å². The SMILES string of the molecule is CC(C)NC(N)=NCCc1ccc(Cl)nc1. The number of rotatable bonds is 4. The van der Waals surface area contributed by atoms with Crippen LogP contribution in [0.4, 0.5) is 0 Å². The Labute approximate surface area is 101 Å². The highest BCUT2D eigenvalue weighted by Gasteiger charge is 1.96. The van der Waals surface area contributed by atoms with Crippen molar-refractivity contribution in [3.63, 3.8) is 0 Å². The number of nitrogens with one attached hydrogen (secondary N) is 1. The predicted octanol–water partition coefficient (Wildman–Crippen LogP) is 1.59. The van der Waals surface area contributed by atoms with E-state index < -0.39 is 0 Å². The second-order valence-corrected chi connectivity index (χ2v) is 4.19. The van der Waals surface area contributed by atoms with Crippen molar-refractivity contribution in [2.45, 2.75) is 26.3 Å². The molecule has 0 aliphatic heterocycles. The van der Waals surface area contributed by atoms with Gasteiger partial charge in [-0.2, -0.15) is 0 Å². The summed E-state index contributed by atoms with van der Waals surface area (Å²) >= 11 is 5.68. The Morgan fingerprint density at radius 3 is 2.88 bits per heavy atom. The zero-order valence-electron chi connectivity index (χ0n) is 9.57. The summed E-state index contributed by atoms with van der Waals surface area (Å²) < 4.78 is 0. The third kappa shape index (κ3) is 4.98. The maximum atomic E-state index is 5.68. The molecule has 0 aromatic carbocycles. The minimum atomic E-state index is 0.306. The number of aliphatic imine (C=N–C) groups is 1. The minimum Gasteiger partial charge on any atom is -0.370 e. The number of aromatic nitrogens is 1. The van der Waals surface area contributed by atoms with Crippen LogP contribution in [0, 0.1) is 0 Å². The second kappa shape index (κ2) is 6.33. The average molecular weight is 241 g/mol. The van der Waals surface area contributed by atoms with Crippen LogP contribution in [0.1, 0.15) is 19.4 Å². The Morgan fingerprint density at radius 1 is 1.56 bits per heavy atom. The Morgan fingerprint density at radius 2 is 2.31 bits per heavy atom. The van der Waals surface area contributed by atoms with Gasteiger partial charge in [-0.1, -0.05) is 17.7 Å². The molecule has 0 unspecified atom stereocenters. The number of nitrogens with zero attached hydrogens (tertiary/aromatic N) is 2. The molecule has 88 valence electrons. The van der Waals surface area contributed by atoms with Crippen LogP contribution < -0.4 is 11.1 Å². The molecule has 16 heavy (non-hydrogen) atoms. The maximum Gasteiger partial charge on any atom is 0.188 e. The summed E-state index contributed by atoms with van der Waals surface area (Å²) in [6, 6.07) is 4.02. The number of halogens is 1. The van der Waals surface area contributed by atoms with Gasteiger partial charge >= 0.3 is 0 Å². The summed E-state index contributed by atoms with van der Waals surface area (Å²) in [6.45, 7) is 4.69. The lowest BCUT2D eigenvalue weighted by atomic mass is 10.2. The molecule has 1 aromatic rings. The summed E-state index contributed by atoms with van der Waals surface area (Å²) in [6.07, 6.45) is 2.56. The van der Waals surface area contributed by atoms with Crippen molar-refractivity contribution >= 4 is 17.6 Å². The van der Waals surface area contributed by atoms with Crippen molar-refractivity contribution in [1.29, 1.82) is 0 Å². The van der Waals surface area contributed by atoms with Crippen molar-refractivity contribution in [2.24, 2.45) is 10.7 Å². The Hall–Kier alpha value is -1.29. The van der Waals surface area contributed by atoms with Gasteiger partial charge in [0.15, 0.2) is 5.96 Å². The van der Waals surface area contributed by atoms with Gasteiger partial charge in [0.1, 0.15) is 5.15 Å². The highest BCUT2D eigenvalue weighted by Crippen LogP contribution is 2.05. The largest absolute Gasteiger partial charge is 0.370 e. The molecular formula is C11H17ClN4. The topological polar surface area (TPSA) is 63.3 Å². The van der Waals surface area contributed by atoms with Crippen molar-refractivity contribution in [3.05, 3.63) is 29.0 Å². The first kappa shape index (κ1) is 12.8. The Kier molecular flexibility index (Phi) is 5.05. The number of hydrogen-bond acceptors (Lipinski definition) is 2. The molecule has 5 heteroatoms. The fourth-order valence-corrected chi connectivity index (χ4v) is 1.31. The van der Waals surface area contributed by atoms with Gasteiger partial charge in [0, 0.05) is 18.8 Å². The van der Waals surface area contributed by atoms with Crippen LogP contribution in [0.2, 0.25) is 5.15 Å². The smallest absolute Gasteiger partial charge is 0.188 e. The van der Waals surface area contributed by atoms with Crippen molar-refractivity contribution in [3.8, 4) is 0 Å². The van der Waals surface area contributed by atoms with Crippen molar-refractivity contribution in [1.82, 2.24) is 10.3 Å². The monoisotopic (exact) mass is 240 g/mol. The molecule has 0 atom stereocenters. The molecule has 0 spiro atoms. The van der Waals surface area contributed by atoms with E-state index in [0.29, 0.717) is 23.7 Å². The fraction of sp³-hybridized carbons (Fsp3) is 0.455. The van der Waals surface area contributed by atoms with Crippen molar-refractivity contribution in [2.75, 3.05) is 6.54 Å². The molecule has 1 heterocycles. The molecule has 0 bridgehead atoms. The molecule has 4 nitrogen and oxygen atoms in total. The molecule has 3 N–H and O–H groups in total. The van der Waals surface area contributed by atoms with Gasteiger partial charge in [0.2, 0.25) is 0 Å². The maximum absolute atomic E-state index is 5.68. The molecule has 0 amide bonds. The van der Waals surface area contributed by atoms with E-state index in [-0.39, 0.29) is 0 Å². The van der Waals surface area contributed by atoms with E-state index in [0.717, 1.165) is 12.0 Å². The molecule has 0 saturated heterocycles. The third-order valence-electron chi connectivity index (χ3n) is 1.91. The first-order chi connectivity index (χ1) is 7.58. The molecule has 1 rings (SSSR count). The lowest BCUT2D eigenvalue weighted by Crippen LogP contribution is -2.36. The van der Waals surface area contributed by atoms with Crippen LogP contribution in [-0.4, -0.2) is 23.5 Å². The Balaban J connectivity index is 2.37. The van der Waals surface area contributed by atoms with Gasteiger partial charge in [0.05, 0.1) is 0 Å². The van der Waals surface area contributed by atoms with Crippen molar-refractivity contribution < 1.29 is 0 Å². The van der Waals surface area contributed by atoms with Crippen LogP contribution >= 0.6 is 11.6 Å². The number of hydrogen-bond donors (Lipinski definition) is 2. The first-order valence-corrected chi connectivity index (χ1v) is 5.62. The molecule has 0 fully saturated rings. The number of nitrogens with two attached hydrogens (primary N) is 1. The average Bonchev–Trinajstić information content (AvgIpc) is 2.20. The van der Waals surface area contributed by atoms with Gasteiger partial charge in [-0.05, 0) is 31.9 Å². The number of pyridine rings is 1. The fourth-order valence-electron chi connectivity index (χ4n) is 1.20. The summed E-state index contributed by atoms with van der Waals surface area (Å²) in [5, 5.41) is 3.54. The molecule has 0 aliphatic rings.